The highest BCUT2D eigenvalue weighted by atomic mass is 35.5. The average Bonchev–Trinajstić information content (AvgIpc) is 2.97. The van der Waals surface area contributed by atoms with Crippen molar-refractivity contribution in [2.24, 2.45) is 5.73 Å². The quantitative estimate of drug-likeness (QED) is 0.800. The van der Waals surface area contributed by atoms with Gasteiger partial charge in [-0.1, -0.05) is 48.0 Å². The molecule has 3 aromatic rings. The molecule has 0 aliphatic carbocycles. The maximum Gasteiger partial charge on any atom is 0.249 e. The van der Waals surface area contributed by atoms with Crippen molar-refractivity contribution in [2.75, 3.05) is 0 Å². The Morgan fingerprint density at radius 2 is 1.86 bits per heavy atom. The molecule has 0 spiro atoms. The number of halogens is 1. The summed E-state index contributed by atoms with van der Waals surface area (Å²) in [5.41, 5.74) is 8.84. The molecule has 0 fully saturated rings. The van der Waals surface area contributed by atoms with E-state index in [0.717, 1.165) is 11.1 Å². The zero-order chi connectivity index (χ0) is 14.8. The molecule has 1 unspecified atom stereocenters. The zero-order valence-corrected chi connectivity index (χ0v) is 12.2. The SMILES string of the molecule is Cc1ccc(-c2nnc(C(N)c3ccccc3)o2)c(Cl)c1. The first-order valence-corrected chi connectivity index (χ1v) is 6.93. The number of rotatable bonds is 3. The van der Waals surface area contributed by atoms with E-state index in [-0.39, 0.29) is 0 Å². The maximum atomic E-state index is 6.21. The van der Waals surface area contributed by atoms with Gasteiger partial charge in [-0.05, 0) is 30.2 Å². The van der Waals surface area contributed by atoms with E-state index in [2.05, 4.69) is 10.2 Å². The topological polar surface area (TPSA) is 64.9 Å². The van der Waals surface area contributed by atoms with E-state index in [1.165, 1.54) is 0 Å². The van der Waals surface area contributed by atoms with Crippen LogP contribution < -0.4 is 5.73 Å². The fourth-order valence-electron chi connectivity index (χ4n) is 2.07. The van der Waals surface area contributed by atoms with E-state index in [9.17, 15) is 0 Å². The summed E-state index contributed by atoms with van der Waals surface area (Å²) >= 11 is 6.21. The Balaban J connectivity index is 1.93. The van der Waals surface area contributed by atoms with Crippen molar-refractivity contribution in [2.45, 2.75) is 13.0 Å². The van der Waals surface area contributed by atoms with Crippen LogP contribution in [0.5, 0.6) is 0 Å². The second-order valence-corrected chi connectivity index (χ2v) is 5.22. The molecule has 0 bridgehead atoms. The molecule has 0 amide bonds. The summed E-state index contributed by atoms with van der Waals surface area (Å²) in [5.74, 6) is 0.745. The largest absolute Gasteiger partial charge is 0.419 e. The second-order valence-electron chi connectivity index (χ2n) is 4.82. The van der Waals surface area contributed by atoms with Gasteiger partial charge in [-0.25, -0.2) is 0 Å². The number of aromatic nitrogens is 2. The van der Waals surface area contributed by atoms with Crippen molar-refractivity contribution in [3.05, 3.63) is 70.6 Å². The molecule has 4 nitrogen and oxygen atoms in total. The summed E-state index contributed by atoms with van der Waals surface area (Å²) in [6.45, 7) is 1.97. The minimum absolute atomic E-state index is 0.368. The number of benzene rings is 2. The molecule has 0 aliphatic heterocycles. The van der Waals surface area contributed by atoms with E-state index in [4.69, 9.17) is 21.8 Å². The Labute approximate surface area is 127 Å². The van der Waals surface area contributed by atoms with Crippen molar-refractivity contribution in [1.29, 1.82) is 0 Å². The van der Waals surface area contributed by atoms with Gasteiger partial charge in [0.15, 0.2) is 0 Å². The second kappa shape index (κ2) is 5.68. The number of hydrogen-bond acceptors (Lipinski definition) is 4. The van der Waals surface area contributed by atoms with Crippen LogP contribution in [0, 0.1) is 6.92 Å². The van der Waals surface area contributed by atoms with E-state index in [0.29, 0.717) is 22.4 Å². The van der Waals surface area contributed by atoms with E-state index < -0.39 is 6.04 Å². The first-order valence-electron chi connectivity index (χ1n) is 6.55. The maximum absolute atomic E-state index is 6.21. The summed E-state index contributed by atoms with van der Waals surface area (Å²) < 4.78 is 5.67. The highest BCUT2D eigenvalue weighted by Gasteiger charge is 2.18. The number of aryl methyl sites for hydroxylation is 1. The van der Waals surface area contributed by atoms with Gasteiger partial charge in [0.1, 0.15) is 6.04 Å². The Bertz CT molecular complexity index is 755. The van der Waals surface area contributed by atoms with Crippen molar-refractivity contribution in [1.82, 2.24) is 10.2 Å². The first-order chi connectivity index (χ1) is 10.1. The molecule has 0 saturated carbocycles. The van der Waals surface area contributed by atoms with Crippen LogP contribution in [0.2, 0.25) is 5.02 Å². The van der Waals surface area contributed by atoms with Crippen LogP contribution in [0.4, 0.5) is 0 Å². The minimum Gasteiger partial charge on any atom is -0.419 e. The van der Waals surface area contributed by atoms with Gasteiger partial charge in [-0.2, -0.15) is 0 Å². The predicted molar refractivity (Wildman–Crippen MR) is 82.0 cm³/mol. The smallest absolute Gasteiger partial charge is 0.249 e. The Hall–Kier alpha value is -2.17. The van der Waals surface area contributed by atoms with Gasteiger partial charge < -0.3 is 10.2 Å². The lowest BCUT2D eigenvalue weighted by Gasteiger charge is -2.06. The van der Waals surface area contributed by atoms with Gasteiger partial charge in [0.25, 0.3) is 0 Å². The molecule has 2 N–H and O–H groups in total. The molecule has 0 aliphatic rings. The fraction of sp³-hybridized carbons (Fsp3) is 0.125. The van der Waals surface area contributed by atoms with Gasteiger partial charge in [0, 0.05) is 0 Å². The normalized spacial score (nSPS) is 12.3. The molecular weight excluding hydrogens is 286 g/mol. The molecule has 106 valence electrons. The number of nitrogens with two attached hydrogens (primary N) is 1. The molecule has 3 rings (SSSR count). The first kappa shape index (κ1) is 13.8. The average molecular weight is 300 g/mol. The van der Waals surface area contributed by atoms with Crippen LogP contribution >= 0.6 is 11.6 Å². The Morgan fingerprint density at radius 3 is 2.57 bits per heavy atom. The van der Waals surface area contributed by atoms with Crippen LogP contribution in [0.25, 0.3) is 11.5 Å². The third-order valence-electron chi connectivity index (χ3n) is 3.22. The molecule has 0 radical (unpaired) electrons. The third-order valence-corrected chi connectivity index (χ3v) is 3.53. The van der Waals surface area contributed by atoms with Gasteiger partial charge in [0.2, 0.25) is 11.8 Å². The molecule has 1 aromatic heterocycles. The standard InChI is InChI=1S/C16H14ClN3O/c1-10-7-8-12(13(17)9-10)15-19-20-16(21-15)14(18)11-5-3-2-4-6-11/h2-9,14H,18H2,1H3. The highest BCUT2D eigenvalue weighted by molar-refractivity contribution is 6.33. The molecule has 21 heavy (non-hydrogen) atoms. The van der Waals surface area contributed by atoms with Crippen molar-refractivity contribution in [3.8, 4) is 11.5 Å². The van der Waals surface area contributed by atoms with Gasteiger partial charge in [-0.15, -0.1) is 10.2 Å². The lowest BCUT2D eigenvalue weighted by Crippen LogP contribution is -2.11. The summed E-state index contributed by atoms with van der Waals surface area (Å²) in [7, 11) is 0. The van der Waals surface area contributed by atoms with Gasteiger partial charge in [0.05, 0.1) is 10.6 Å². The van der Waals surface area contributed by atoms with Crippen LogP contribution in [0.15, 0.2) is 52.9 Å². The summed E-state index contributed by atoms with van der Waals surface area (Å²) in [4.78, 5) is 0. The number of hydrogen-bond donors (Lipinski definition) is 1. The van der Waals surface area contributed by atoms with Crippen molar-refractivity contribution >= 4 is 11.6 Å². The van der Waals surface area contributed by atoms with Crippen molar-refractivity contribution < 1.29 is 4.42 Å². The molecule has 1 atom stereocenters. The van der Waals surface area contributed by atoms with E-state index in [1.807, 2.05) is 55.5 Å². The zero-order valence-electron chi connectivity index (χ0n) is 11.5. The van der Waals surface area contributed by atoms with Crippen LogP contribution in [-0.2, 0) is 0 Å². The third kappa shape index (κ3) is 2.82. The van der Waals surface area contributed by atoms with Crippen molar-refractivity contribution in [3.63, 3.8) is 0 Å². The van der Waals surface area contributed by atoms with Crippen LogP contribution in [-0.4, -0.2) is 10.2 Å². The highest BCUT2D eigenvalue weighted by Crippen LogP contribution is 2.29. The van der Waals surface area contributed by atoms with Crippen LogP contribution in [0.3, 0.4) is 0 Å². The predicted octanol–water partition coefficient (Wildman–Crippen LogP) is 3.75. The van der Waals surface area contributed by atoms with E-state index >= 15 is 0 Å². The molecule has 5 heteroatoms. The molecule has 1 heterocycles. The monoisotopic (exact) mass is 299 g/mol. The minimum atomic E-state index is -0.448. The van der Waals surface area contributed by atoms with Crippen LogP contribution in [0.1, 0.15) is 23.1 Å². The molecule has 0 saturated heterocycles. The van der Waals surface area contributed by atoms with Gasteiger partial charge in [-0.3, -0.25) is 0 Å². The number of nitrogens with zero attached hydrogens (tertiary/aromatic N) is 2. The Kier molecular flexibility index (Phi) is 3.73. The Morgan fingerprint density at radius 1 is 1.10 bits per heavy atom. The summed E-state index contributed by atoms with van der Waals surface area (Å²) in [5, 5.41) is 8.66. The summed E-state index contributed by atoms with van der Waals surface area (Å²) in [6.07, 6.45) is 0. The van der Waals surface area contributed by atoms with E-state index in [1.54, 1.807) is 0 Å². The molecular formula is C16H14ClN3O. The van der Waals surface area contributed by atoms with Gasteiger partial charge >= 0.3 is 0 Å². The lowest BCUT2D eigenvalue weighted by atomic mass is 10.1. The summed E-state index contributed by atoms with van der Waals surface area (Å²) in [6, 6.07) is 14.8. The molecule has 2 aromatic carbocycles. The lowest BCUT2D eigenvalue weighted by molar-refractivity contribution is 0.484. The fourth-order valence-corrected chi connectivity index (χ4v) is 2.38.